The maximum Gasteiger partial charge on any atom is 0.219 e. The minimum atomic E-state index is -0.306. The number of nitrogens with zero attached hydrogens (tertiary/aromatic N) is 6. The molecule has 6 rings (SSSR count). The Morgan fingerprint density at radius 1 is 1.23 bits per heavy atom. The number of thiophene rings is 1. The molecule has 0 radical (unpaired) electrons. The van der Waals surface area contributed by atoms with Crippen LogP contribution < -0.4 is 20.7 Å². The van der Waals surface area contributed by atoms with Gasteiger partial charge in [0.15, 0.2) is 5.82 Å². The van der Waals surface area contributed by atoms with Crippen LogP contribution in [0.3, 0.4) is 0 Å². The van der Waals surface area contributed by atoms with Crippen molar-refractivity contribution in [3.63, 3.8) is 0 Å². The Labute approximate surface area is 238 Å². The lowest BCUT2D eigenvalue weighted by molar-refractivity contribution is 0.117. The Balaban J connectivity index is 1.36. The summed E-state index contributed by atoms with van der Waals surface area (Å²) >= 11 is 3.04. The Hall–Kier alpha value is -2.78. The molecule has 2 fully saturated rings. The van der Waals surface area contributed by atoms with Gasteiger partial charge in [-0.25, -0.2) is 4.98 Å². The molecular formula is C28H36N8OS2. The van der Waals surface area contributed by atoms with Gasteiger partial charge in [0.05, 0.1) is 5.56 Å². The van der Waals surface area contributed by atoms with E-state index in [-0.39, 0.29) is 11.5 Å². The summed E-state index contributed by atoms with van der Waals surface area (Å²) in [4.78, 5) is 16.9. The Bertz CT molecular complexity index is 1390. The first-order chi connectivity index (χ1) is 18.9. The summed E-state index contributed by atoms with van der Waals surface area (Å²) in [6.45, 7) is 9.08. The molecule has 3 aromatic heterocycles. The van der Waals surface area contributed by atoms with Gasteiger partial charge in [-0.05, 0) is 75.8 Å². The van der Waals surface area contributed by atoms with Crippen LogP contribution in [0.25, 0.3) is 11.5 Å². The van der Waals surface area contributed by atoms with E-state index in [1.165, 1.54) is 22.8 Å². The van der Waals surface area contributed by atoms with E-state index in [1.54, 1.807) is 11.3 Å². The van der Waals surface area contributed by atoms with E-state index in [2.05, 4.69) is 48.1 Å². The summed E-state index contributed by atoms with van der Waals surface area (Å²) in [5.41, 5.74) is 8.42. The maximum absolute atomic E-state index is 9.90. The van der Waals surface area contributed by atoms with Crippen molar-refractivity contribution in [2.45, 2.75) is 63.5 Å². The highest BCUT2D eigenvalue weighted by Crippen LogP contribution is 2.50. The van der Waals surface area contributed by atoms with Gasteiger partial charge < -0.3 is 20.7 Å². The van der Waals surface area contributed by atoms with E-state index in [9.17, 15) is 5.26 Å². The molecule has 0 spiro atoms. The third-order valence-corrected chi connectivity index (χ3v) is 10.7. The zero-order chi connectivity index (χ0) is 27.1. The third kappa shape index (κ3) is 4.88. The molecule has 3 atom stereocenters. The van der Waals surface area contributed by atoms with Gasteiger partial charge in [-0.3, -0.25) is 4.90 Å². The Morgan fingerprint density at radius 3 is 2.79 bits per heavy atom. The first-order valence-corrected chi connectivity index (χ1v) is 15.5. The molecule has 1 aliphatic carbocycles. The zero-order valence-corrected chi connectivity index (χ0v) is 24.5. The van der Waals surface area contributed by atoms with Gasteiger partial charge >= 0.3 is 0 Å². The molecule has 3 aromatic rings. The predicted molar refractivity (Wildman–Crippen MR) is 157 cm³/mol. The van der Waals surface area contributed by atoms with Crippen molar-refractivity contribution < 1.29 is 4.74 Å². The molecule has 9 nitrogen and oxygen atoms in total. The largest absolute Gasteiger partial charge is 0.473 e. The van der Waals surface area contributed by atoms with Crippen LogP contribution in [0.2, 0.25) is 0 Å². The van der Waals surface area contributed by atoms with Crippen LogP contribution in [0.15, 0.2) is 12.1 Å². The van der Waals surface area contributed by atoms with Gasteiger partial charge in [-0.1, -0.05) is 6.92 Å². The quantitative estimate of drug-likeness (QED) is 0.458. The van der Waals surface area contributed by atoms with Crippen molar-refractivity contribution in [2.24, 2.45) is 0 Å². The molecule has 206 valence electrons. The van der Waals surface area contributed by atoms with Crippen molar-refractivity contribution in [3.05, 3.63) is 33.0 Å². The van der Waals surface area contributed by atoms with Gasteiger partial charge in [0.25, 0.3) is 0 Å². The first-order valence-electron chi connectivity index (χ1n) is 13.9. The molecule has 0 bridgehead atoms. The molecule has 11 heteroatoms. The van der Waals surface area contributed by atoms with Crippen LogP contribution in [-0.4, -0.2) is 71.2 Å². The molecule has 3 N–H and O–H groups in total. The number of nitrogens with two attached hydrogens (primary N) is 1. The molecule has 0 unspecified atom stereocenters. The van der Waals surface area contributed by atoms with Crippen molar-refractivity contribution >= 4 is 33.7 Å². The van der Waals surface area contributed by atoms with E-state index in [0.717, 1.165) is 80.4 Å². The molecule has 2 saturated heterocycles. The summed E-state index contributed by atoms with van der Waals surface area (Å²) in [5, 5.41) is 13.9. The predicted octanol–water partition coefficient (Wildman–Crippen LogP) is 4.03. The van der Waals surface area contributed by atoms with Crippen LogP contribution in [0.1, 0.15) is 60.4 Å². The number of rotatable bonds is 6. The average Bonchev–Trinajstić information content (AvgIpc) is 3.68. The van der Waals surface area contributed by atoms with Crippen LogP contribution in [0.5, 0.6) is 5.88 Å². The molecular weight excluding hydrogens is 528 g/mol. The number of nitrogens with one attached hydrogen (secondary N) is 1. The molecule has 5 heterocycles. The summed E-state index contributed by atoms with van der Waals surface area (Å²) < 4.78 is 11.3. The van der Waals surface area contributed by atoms with Crippen LogP contribution in [-0.2, 0) is 11.8 Å². The van der Waals surface area contributed by atoms with Gasteiger partial charge in [0.2, 0.25) is 5.88 Å². The normalized spacial score (nSPS) is 24.4. The number of likely N-dealkylation sites (tertiary alicyclic amines) is 1. The minimum Gasteiger partial charge on any atom is -0.473 e. The van der Waals surface area contributed by atoms with E-state index in [1.807, 2.05) is 6.07 Å². The summed E-state index contributed by atoms with van der Waals surface area (Å²) in [6.07, 6.45) is 5.33. The molecule has 2 aliphatic heterocycles. The van der Waals surface area contributed by atoms with Crippen molar-refractivity contribution in [1.82, 2.24) is 24.6 Å². The number of aromatic nitrogens is 3. The van der Waals surface area contributed by atoms with Crippen LogP contribution in [0, 0.1) is 11.3 Å². The monoisotopic (exact) mass is 564 g/mol. The number of hydrogen-bond donors (Lipinski definition) is 2. The van der Waals surface area contributed by atoms with Gasteiger partial charge in [0.1, 0.15) is 28.7 Å². The number of hydrogen-bond acceptors (Lipinski definition) is 11. The van der Waals surface area contributed by atoms with Gasteiger partial charge in [0, 0.05) is 53.5 Å². The minimum absolute atomic E-state index is 0.0233. The summed E-state index contributed by atoms with van der Waals surface area (Å²) in [6, 6.07) is 6.85. The fraction of sp³-hybridized carbons (Fsp3) is 0.571. The SMILES string of the molecule is C[C@H](Oc1cc(N2CCNCC2)nc(-c2cc([C@@]3(C)CCCc4sc(N)c(C#N)c43)sn2)n1)[C@@H]1CCCN1C. The second-order valence-corrected chi connectivity index (χ2v) is 13.1. The highest BCUT2D eigenvalue weighted by molar-refractivity contribution is 7.16. The Kier molecular flexibility index (Phi) is 7.22. The summed E-state index contributed by atoms with van der Waals surface area (Å²) in [5.74, 6) is 2.06. The van der Waals surface area contributed by atoms with Gasteiger partial charge in [-0.15, -0.1) is 11.3 Å². The van der Waals surface area contributed by atoms with Crippen molar-refractivity contribution in [3.8, 4) is 23.5 Å². The number of nitrogen functional groups attached to an aromatic ring is 1. The van der Waals surface area contributed by atoms with Crippen molar-refractivity contribution in [2.75, 3.05) is 50.4 Å². The maximum atomic E-state index is 9.90. The highest BCUT2D eigenvalue weighted by Gasteiger charge is 2.40. The molecule has 39 heavy (non-hydrogen) atoms. The number of likely N-dealkylation sites (N-methyl/N-ethyl adjacent to an activating group) is 1. The fourth-order valence-corrected chi connectivity index (χ4v) is 8.52. The second kappa shape index (κ2) is 10.7. The van der Waals surface area contributed by atoms with E-state index >= 15 is 0 Å². The number of ether oxygens (including phenoxy) is 1. The lowest BCUT2D eigenvalue weighted by Gasteiger charge is -2.33. The zero-order valence-electron chi connectivity index (χ0n) is 22.9. The third-order valence-electron chi connectivity index (χ3n) is 8.59. The molecule has 0 amide bonds. The van der Waals surface area contributed by atoms with E-state index in [0.29, 0.717) is 28.3 Å². The lowest BCUT2D eigenvalue weighted by atomic mass is 9.71. The Morgan fingerprint density at radius 2 is 2.05 bits per heavy atom. The standard InChI is InChI=1S/C28H36N8OS2/c1-17(20-6-5-11-35(20)3)37-24-15-23(36-12-9-31-10-13-36)32-27(33-24)19-14-22(39-34-19)28(2)8-4-7-21-25(28)18(16-29)26(30)38-21/h14-15,17,20,31H,4-13,30H2,1-3H3/t17-,20-,28+/m0/s1. The van der Waals surface area contributed by atoms with E-state index < -0.39 is 0 Å². The number of nitriles is 1. The number of aryl methyl sites for hydroxylation is 1. The summed E-state index contributed by atoms with van der Waals surface area (Å²) in [7, 11) is 2.17. The highest BCUT2D eigenvalue weighted by atomic mass is 32.1. The van der Waals surface area contributed by atoms with Crippen LogP contribution >= 0.6 is 22.9 Å². The number of anilines is 2. The second-order valence-electron chi connectivity index (χ2n) is 11.2. The number of fused-ring (bicyclic) bond motifs is 1. The first kappa shape index (κ1) is 26.4. The van der Waals surface area contributed by atoms with E-state index in [4.69, 9.17) is 24.8 Å². The average molecular weight is 565 g/mol. The number of piperazine rings is 1. The smallest absolute Gasteiger partial charge is 0.219 e. The van der Waals surface area contributed by atoms with Crippen LogP contribution in [0.4, 0.5) is 10.8 Å². The van der Waals surface area contributed by atoms with Gasteiger partial charge in [-0.2, -0.15) is 14.6 Å². The molecule has 0 saturated carbocycles. The fourth-order valence-electron chi connectivity index (χ4n) is 6.42. The molecule has 3 aliphatic rings. The topological polar surface area (TPSA) is 116 Å². The molecule has 0 aromatic carbocycles. The lowest BCUT2D eigenvalue weighted by Crippen LogP contribution is -2.44. The van der Waals surface area contributed by atoms with Crippen molar-refractivity contribution in [1.29, 1.82) is 5.26 Å².